The molecule has 0 aromatic heterocycles. The Labute approximate surface area is 73.9 Å². The summed E-state index contributed by atoms with van der Waals surface area (Å²) in [6, 6.07) is 0. The second kappa shape index (κ2) is 7.79. The fraction of sp³-hybridized carbons (Fsp3) is 0.300. The zero-order valence-corrected chi connectivity index (χ0v) is 7.66. The summed E-state index contributed by atoms with van der Waals surface area (Å²) in [5, 5.41) is 3.66. The third kappa shape index (κ3) is 5.47. The summed E-state index contributed by atoms with van der Waals surface area (Å²) in [5.74, 6) is 0. The Morgan fingerprint density at radius 3 is 2.83 bits per heavy atom. The van der Waals surface area contributed by atoms with Crippen LogP contribution in [0, 0.1) is 0 Å². The lowest BCUT2D eigenvalue weighted by atomic mass is 10.2. The van der Waals surface area contributed by atoms with Gasteiger partial charge >= 0.3 is 0 Å². The molecular formula is C10H15NO. The van der Waals surface area contributed by atoms with Crippen molar-refractivity contribution in [2.75, 3.05) is 7.11 Å². The third-order valence-corrected chi connectivity index (χ3v) is 1.17. The van der Waals surface area contributed by atoms with Crippen LogP contribution in [-0.2, 0) is 4.84 Å². The van der Waals surface area contributed by atoms with Crippen molar-refractivity contribution in [2.24, 2.45) is 5.16 Å². The van der Waals surface area contributed by atoms with Gasteiger partial charge in [-0.2, -0.15) is 0 Å². The van der Waals surface area contributed by atoms with E-state index >= 15 is 0 Å². The molecule has 2 heteroatoms. The molecule has 0 aliphatic heterocycles. The molecule has 0 saturated heterocycles. The minimum atomic E-state index is 0.979. The Morgan fingerprint density at radius 1 is 1.58 bits per heavy atom. The molecule has 0 aliphatic carbocycles. The predicted octanol–water partition coefficient (Wildman–Crippen LogP) is 2.70. The largest absolute Gasteiger partial charge is 0.399 e. The molecule has 0 atom stereocenters. The van der Waals surface area contributed by atoms with Gasteiger partial charge in [-0.3, -0.25) is 0 Å². The van der Waals surface area contributed by atoms with Gasteiger partial charge in [-0.05, 0) is 12.0 Å². The maximum Gasteiger partial charge on any atom is 0.106 e. The molecule has 2 nitrogen and oxygen atoms in total. The van der Waals surface area contributed by atoms with E-state index in [4.69, 9.17) is 0 Å². The van der Waals surface area contributed by atoms with Gasteiger partial charge in [0.15, 0.2) is 0 Å². The lowest BCUT2D eigenvalue weighted by Gasteiger charge is -1.90. The van der Waals surface area contributed by atoms with Crippen molar-refractivity contribution in [3.63, 3.8) is 0 Å². The SMILES string of the molecule is C=C\C=C/C(/C=N/OC)=C\CC. The van der Waals surface area contributed by atoms with E-state index in [1.807, 2.05) is 12.2 Å². The fourth-order valence-electron chi connectivity index (χ4n) is 0.692. The smallest absolute Gasteiger partial charge is 0.106 e. The van der Waals surface area contributed by atoms with Crippen molar-refractivity contribution in [2.45, 2.75) is 13.3 Å². The molecule has 0 rings (SSSR count). The van der Waals surface area contributed by atoms with Crippen LogP contribution in [-0.4, -0.2) is 13.3 Å². The molecule has 66 valence electrons. The number of rotatable bonds is 5. The first-order chi connectivity index (χ1) is 5.85. The molecule has 0 aliphatic rings. The van der Waals surface area contributed by atoms with Crippen molar-refractivity contribution >= 4 is 6.21 Å². The van der Waals surface area contributed by atoms with Crippen LogP contribution in [0.4, 0.5) is 0 Å². The van der Waals surface area contributed by atoms with Crippen molar-refractivity contribution in [1.82, 2.24) is 0 Å². The van der Waals surface area contributed by atoms with Gasteiger partial charge in [0.2, 0.25) is 0 Å². The van der Waals surface area contributed by atoms with Gasteiger partial charge in [-0.15, -0.1) is 0 Å². The van der Waals surface area contributed by atoms with Crippen LogP contribution >= 0.6 is 0 Å². The second-order valence-corrected chi connectivity index (χ2v) is 2.12. The Bertz CT molecular complexity index is 202. The Balaban J connectivity index is 4.23. The zero-order chi connectivity index (χ0) is 9.23. The average Bonchev–Trinajstić information content (AvgIpc) is 2.10. The maximum absolute atomic E-state index is 4.57. The van der Waals surface area contributed by atoms with E-state index in [2.05, 4.69) is 29.6 Å². The first kappa shape index (κ1) is 10.7. The summed E-state index contributed by atoms with van der Waals surface area (Å²) in [5.41, 5.74) is 1.03. The second-order valence-electron chi connectivity index (χ2n) is 2.12. The minimum absolute atomic E-state index is 0.979. The summed E-state index contributed by atoms with van der Waals surface area (Å²) < 4.78 is 0. The number of allylic oxidation sites excluding steroid dienone is 5. The molecule has 0 radical (unpaired) electrons. The molecule has 0 saturated carbocycles. The number of hydrogen-bond donors (Lipinski definition) is 0. The zero-order valence-electron chi connectivity index (χ0n) is 7.66. The van der Waals surface area contributed by atoms with E-state index in [1.165, 1.54) is 7.11 Å². The van der Waals surface area contributed by atoms with Crippen LogP contribution in [0.25, 0.3) is 0 Å². The highest BCUT2D eigenvalue weighted by Crippen LogP contribution is 1.96. The first-order valence-electron chi connectivity index (χ1n) is 3.91. The van der Waals surface area contributed by atoms with Crippen molar-refractivity contribution < 1.29 is 4.84 Å². The molecule has 12 heavy (non-hydrogen) atoms. The van der Waals surface area contributed by atoms with Gasteiger partial charge in [-0.1, -0.05) is 43.0 Å². The lowest BCUT2D eigenvalue weighted by molar-refractivity contribution is 0.215. The van der Waals surface area contributed by atoms with E-state index < -0.39 is 0 Å². The predicted molar refractivity (Wildman–Crippen MR) is 53.2 cm³/mol. The van der Waals surface area contributed by atoms with Crippen LogP contribution < -0.4 is 0 Å². The standard InChI is InChI=1S/C10H15NO/c1-4-6-8-10(7-5-2)9-11-12-3/h4,6-9H,1,5H2,2-3H3/b8-6-,10-7+,11-9+. The summed E-state index contributed by atoms with van der Waals surface area (Å²) in [6.45, 7) is 5.66. The van der Waals surface area contributed by atoms with E-state index in [1.54, 1.807) is 12.3 Å². The summed E-state index contributed by atoms with van der Waals surface area (Å²) in [4.78, 5) is 4.57. The van der Waals surface area contributed by atoms with Gasteiger partial charge in [0.25, 0.3) is 0 Å². The lowest BCUT2D eigenvalue weighted by Crippen LogP contribution is -1.80. The quantitative estimate of drug-likeness (QED) is 0.348. The number of nitrogens with zero attached hydrogens (tertiary/aromatic N) is 1. The van der Waals surface area contributed by atoms with E-state index in [9.17, 15) is 0 Å². The summed E-state index contributed by atoms with van der Waals surface area (Å²) in [7, 11) is 1.53. The van der Waals surface area contributed by atoms with Gasteiger partial charge in [0.05, 0.1) is 6.21 Å². The summed E-state index contributed by atoms with van der Waals surface area (Å²) >= 11 is 0. The van der Waals surface area contributed by atoms with Crippen LogP contribution in [0.5, 0.6) is 0 Å². The van der Waals surface area contributed by atoms with E-state index in [0.29, 0.717) is 0 Å². The Hall–Kier alpha value is -1.31. The molecule has 0 N–H and O–H groups in total. The van der Waals surface area contributed by atoms with Gasteiger partial charge in [0, 0.05) is 0 Å². The average molecular weight is 165 g/mol. The van der Waals surface area contributed by atoms with Crippen molar-refractivity contribution in [1.29, 1.82) is 0 Å². The normalized spacial score (nSPS) is 12.7. The number of oxime groups is 1. The molecule has 0 aromatic rings. The fourth-order valence-corrected chi connectivity index (χ4v) is 0.692. The molecule has 0 spiro atoms. The highest BCUT2D eigenvalue weighted by molar-refractivity contribution is 5.81. The topological polar surface area (TPSA) is 21.6 Å². The minimum Gasteiger partial charge on any atom is -0.399 e. The van der Waals surface area contributed by atoms with E-state index in [-0.39, 0.29) is 0 Å². The molecule has 0 unspecified atom stereocenters. The molecule has 0 aromatic carbocycles. The first-order valence-corrected chi connectivity index (χ1v) is 3.91. The third-order valence-electron chi connectivity index (χ3n) is 1.17. The van der Waals surface area contributed by atoms with Gasteiger partial charge in [-0.25, -0.2) is 0 Å². The molecule has 0 heterocycles. The molecular weight excluding hydrogens is 150 g/mol. The van der Waals surface area contributed by atoms with Crippen LogP contribution in [0.15, 0.2) is 41.6 Å². The monoisotopic (exact) mass is 165 g/mol. The van der Waals surface area contributed by atoms with E-state index in [0.717, 1.165) is 12.0 Å². The van der Waals surface area contributed by atoms with Gasteiger partial charge < -0.3 is 4.84 Å². The molecule has 0 bridgehead atoms. The van der Waals surface area contributed by atoms with Crippen molar-refractivity contribution in [3.8, 4) is 0 Å². The molecule has 0 amide bonds. The number of hydrogen-bond acceptors (Lipinski definition) is 2. The van der Waals surface area contributed by atoms with Gasteiger partial charge in [0.1, 0.15) is 7.11 Å². The van der Waals surface area contributed by atoms with Crippen LogP contribution in [0.3, 0.4) is 0 Å². The Kier molecular flexibility index (Phi) is 6.94. The van der Waals surface area contributed by atoms with Crippen LogP contribution in [0.1, 0.15) is 13.3 Å². The maximum atomic E-state index is 4.57. The molecule has 0 fully saturated rings. The highest BCUT2D eigenvalue weighted by Gasteiger charge is 1.83. The van der Waals surface area contributed by atoms with Crippen LogP contribution in [0.2, 0.25) is 0 Å². The van der Waals surface area contributed by atoms with Crippen molar-refractivity contribution in [3.05, 3.63) is 36.5 Å². The summed E-state index contributed by atoms with van der Waals surface area (Å²) in [6.07, 6.45) is 10.2. The Morgan fingerprint density at radius 2 is 2.33 bits per heavy atom. The highest BCUT2D eigenvalue weighted by atomic mass is 16.6.